The Hall–Kier alpha value is -0.770. The predicted molar refractivity (Wildman–Crippen MR) is 69.0 cm³/mol. The van der Waals surface area contributed by atoms with Gasteiger partial charge in [0.05, 0.1) is 0 Å². The molecule has 4 nitrogen and oxygen atoms in total. The molecular formula is C13H25N3O. The molecule has 0 saturated carbocycles. The van der Waals surface area contributed by atoms with Crippen LogP contribution in [0.3, 0.4) is 0 Å². The molecule has 0 aromatic carbocycles. The minimum atomic E-state index is 0.160. The van der Waals surface area contributed by atoms with Gasteiger partial charge in [-0.3, -0.25) is 0 Å². The molecule has 0 bridgehead atoms. The van der Waals surface area contributed by atoms with E-state index in [0.717, 1.165) is 32.6 Å². The molecule has 0 aromatic rings. The molecule has 2 fully saturated rings. The molecule has 98 valence electrons. The minimum absolute atomic E-state index is 0.160. The molecule has 2 aliphatic rings. The smallest absolute Gasteiger partial charge is 0.317 e. The van der Waals surface area contributed by atoms with Crippen LogP contribution in [-0.2, 0) is 0 Å². The third-order valence-corrected chi connectivity index (χ3v) is 4.01. The number of nitrogens with one attached hydrogen (secondary N) is 2. The Morgan fingerprint density at radius 1 is 1.35 bits per heavy atom. The summed E-state index contributed by atoms with van der Waals surface area (Å²) in [7, 11) is 0. The number of piperidine rings is 1. The van der Waals surface area contributed by atoms with Crippen molar-refractivity contribution in [3.05, 3.63) is 0 Å². The van der Waals surface area contributed by atoms with Crippen LogP contribution < -0.4 is 10.6 Å². The topological polar surface area (TPSA) is 44.4 Å². The number of amides is 2. The molecule has 17 heavy (non-hydrogen) atoms. The summed E-state index contributed by atoms with van der Waals surface area (Å²) in [5.41, 5.74) is 0. The number of carbonyl (C=O) groups excluding carboxylic acids is 1. The van der Waals surface area contributed by atoms with Crippen molar-refractivity contribution in [1.29, 1.82) is 0 Å². The first-order valence-electron chi connectivity index (χ1n) is 7.08. The largest absolute Gasteiger partial charge is 0.338 e. The van der Waals surface area contributed by atoms with Gasteiger partial charge in [0.1, 0.15) is 0 Å². The van der Waals surface area contributed by atoms with Crippen molar-refractivity contribution in [2.45, 2.75) is 45.1 Å². The van der Waals surface area contributed by atoms with Gasteiger partial charge in [0.2, 0.25) is 0 Å². The van der Waals surface area contributed by atoms with Crippen LogP contribution in [0.2, 0.25) is 0 Å². The molecule has 2 amide bonds. The Balaban J connectivity index is 1.89. The normalized spacial score (nSPS) is 26.2. The van der Waals surface area contributed by atoms with Crippen molar-refractivity contribution in [1.82, 2.24) is 15.5 Å². The SMILES string of the molecule is CCCNC(=O)N1CCCC1C1CCNCC1. The van der Waals surface area contributed by atoms with Crippen LogP contribution in [0, 0.1) is 5.92 Å². The van der Waals surface area contributed by atoms with Crippen molar-refractivity contribution in [2.24, 2.45) is 5.92 Å². The van der Waals surface area contributed by atoms with Crippen LogP contribution in [0.25, 0.3) is 0 Å². The lowest BCUT2D eigenvalue weighted by Gasteiger charge is -2.34. The van der Waals surface area contributed by atoms with Gasteiger partial charge in [0, 0.05) is 19.1 Å². The van der Waals surface area contributed by atoms with E-state index in [1.807, 2.05) is 0 Å². The van der Waals surface area contributed by atoms with Gasteiger partial charge in [-0.05, 0) is 51.1 Å². The number of carbonyl (C=O) groups is 1. The summed E-state index contributed by atoms with van der Waals surface area (Å²) in [5, 5.41) is 6.41. The highest BCUT2D eigenvalue weighted by atomic mass is 16.2. The molecule has 0 spiro atoms. The first kappa shape index (κ1) is 12.7. The summed E-state index contributed by atoms with van der Waals surface area (Å²) < 4.78 is 0. The molecule has 2 rings (SSSR count). The zero-order valence-electron chi connectivity index (χ0n) is 10.9. The van der Waals surface area contributed by atoms with Gasteiger partial charge in [0.25, 0.3) is 0 Å². The zero-order chi connectivity index (χ0) is 12.1. The summed E-state index contributed by atoms with van der Waals surface area (Å²) in [5.74, 6) is 0.714. The molecule has 2 saturated heterocycles. The number of likely N-dealkylation sites (tertiary alicyclic amines) is 1. The highest BCUT2D eigenvalue weighted by Gasteiger charge is 2.34. The second kappa shape index (κ2) is 6.24. The number of hydrogen-bond acceptors (Lipinski definition) is 2. The van der Waals surface area contributed by atoms with E-state index in [1.54, 1.807) is 0 Å². The van der Waals surface area contributed by atoms with E-state index >= 15 is 0 Å². The monoisotopic (exact) mass is 239 g/mol. The average molecular weight is 239 g/mol. The van der Waals surface area contributed by atoms with E-state index in [1.165, 1.54) is 25.7 Å². The van der Waals surface area contributed by atoms with Crippen LogP contribution in [0.1, 0.15) is 39.0 Å². The van der Waals surface area contributed by atoms with Crippen molar-refractivity contribution >= 4 is 6.03 Å². The van der Waals surface area contributed by atoms with E-state index in [4.69, 9.17) is 0 Å². The quantitative estimate of drug-likeness (QED) is 0.785. The molecule has 0 radical (unpaired) electrons. The predicted octanol–water partition coefficient (Wildman–Crippen LogP) is 1.57. The van der Waals surface area contributed by atoms with Crippen LogP contribution >= 0.6 is 0 Å². The van der Waals surface area contributed by atoms with Crippen molar-refractivity contribution in [3.8, 4) is 0 Å². The summed E-state index contributed by atoms with van der Waals surface area (Å²) in [4.78, 5) is 14.1. The van der Waals surface area contributed by atoms with Gasteiger partial charge < -0.3 is 15.5 Å². The van der Waals surface area contributed by atoms with Crippen LogP contribution in [0.4, 0.5) is 4.79 Å². The third-order valence-electron chi connectivity index (χ3n) is 4.01. The average Bonchev–Trinajstić information content (AvgIpc) is 2.86. The minimum Gasteiger partial charge on any atom is -0.338 e. The highest BCUT2D eigenvalue weighted by Crippen LogP contribution is 2.29. The summed E-state index contributed by atoms with van der Waals surface area (Å²) in [6.45, 7) is 6.07. The fourth-order valence-corrected chi connectivity index (χ4v) is 3.10. The highest BCUT2D eigenvalue weighted by molar-refractivity contribution is 5.74. The first-order valence-corrected chi connectivity index (χ1v) is 7.08. The maximum Gasteiger partial charge on any atom is 0.317 e. The lowest BCUT2D eigenvalue weighted by molar-refractivity contribution is 0.159. The van der Waals surface area contributed by atoms with E-state index in [9.17, 15) is 4.79 Å². The van der Waals surface area contributed by atoms with Crippen LogP contribution in [0.15, 0.2) is 0 Å². The van der Waals surface area contributed by atoms with E-state index in [0.29, 0.717) is 12.0 Å². The Bertz CT molecular complexity index is 251. The van der Waals surface area contributed by atoms with Gasteiger partial charge in [-0.15, -0.1) is 0 Å². The molecular weight excluding hydrogens is 214 g/mol. The van der Waals surface area contributed by atoms with Gasteiger partial charge >= 0.3 is 6.03 Å². The molecule has 0 aromatic heterocycles. The third kappa shape index (κ3) is 3.12. The van der Waals surface area contributed by atoms with Gasteiger partial charge in [-0.2, -0.15) is 0 Å². The number of rotatable bonds is 3. The standard InChI is InChI=1S/C13H25N3O/c1-2-7-15-13(17)16-10-3-4-12(16)11-5-8-14-9-6-11/h11-12,14H,2-10H2,1H3,(H,15,17). The lowest BCUT2D eigenvalue weighted by atomic mass is 9.89. The van der Waals surface area contributed by atoms with Crippen LogP contribution in [-0.4, -0.2) is 43.2 Å². The second-order valence-corrected chi connectivity index (χ2v) is 5.22. The molecule has 0 aliphatic carbocycles. The molecule has 1 atom stereocenters. The fraction of sp³-hybridized carbons (Fsp3) is 0.923. The van der Waals surface area contributed by atoms with Gasteiger partial charge in [-0.25, -0.2) is 4.79 Å². The van der Waals surface area contributed by atoms with E-state index in [2.05, 4.69) is 22.5 Å². The Morgan fingerprint density at radius 3 is 2.82 bits per heavy atom. The van der Waals surface area contributed by atoms with Crippen LogP contribution in [0.5, 0.6) is 0 Å². The van der Waals surface area contributed by atoms with E-state index < -0.39 is 0 Å². The van der Waals surface area contributed by atoms with E-state index in [-0.39, 0.29) is 6.03 Å². The zero-order valence-corrected chi connectivity index (χ0v) is 10.9. The van der Waals surface area contributed by atoms with Crippen molar-refractivity contribution < 1.29 is 4.79 Å². The first-order chi connectivity index (χ1) is 8.33. The maximum absolute atomic E-state index is 12.1. The molecule has 2 N–H and O–H groups in total. The Labute approximate surface area is 104 Å². The summed E-state index contributed by atoms with van der Waals surface area (Å²) in [6.07, 6.45) is 5.83. The molecule has 2 aliphatic heterocycles. The summed E-state index contributed by atoms with van der Waals surface area (Å²) in [6, 6.07) is 0.654. The number of hydrogen-bond donors (Lipinski definition) is 2. The molecule has 4 heteroatoms. The summed E-state index contributed by atoms with van der Waals surface area (Å²) >= 11 is 0. The molecule has 2 heterocycles. The second-order valence-electron chi connectivity index (χ2n) is 5.22. The Morgan fingerprint density at radius 2 is 2.12 bits per heavy atom. The van der Waals surface area contributed by atoms with Crippen molar-refractivity contribution in [2.75, 3.05) is 26.2 Å². The maximum atomic E-state index is 12.1. The number of urea groups is 1. The number of nitrogens with zero attached hydrogens (tertiary/aromatic N) is 1. The van der Waals surface area contributed by atoms with Gasteiger partial charge in [0.15, 0.2) is 0 Å². The Kier molecular flexibility index (Phi) is 4.66. The lowest BCUT2D eigenvalue weighted by Crippen LogP contribution is -2.47. The van der Waals surface area contributed by atoms with Gasteiger partial charge in [-0.1, -0.05) is 6.92 Å². The molecule has 1 unspecified atom stereocenters. The fourth-order valence-electron chi connectivity index (χ4n) is 3.10. The van der Waals surface area contributed by atoms with Crippen molar-refractivity contribution in [3.63, 3.8) is 0 Å².